The standard InChI is InChI=1S/C24H22N2O3S/c1-17-7-6-10-21-23(17)25-24(30-21)26(15-18-8-4-3-5-9-18)22(27)16-29-20-13-11-19(28-2)12-14-20/h3-14H,15-16H2,1-2H3. The first kappa shape index (κ1) is 19.9. The highest BCUT2D eigenvalue weighted by atomic mass is 32.1. The van der Waals surface area contributed by atoms with Gasteiger partial charge in [-0.05, 0) is 48.4 Å². The molecule has 3 aromatic carbocycles. The van der Waals surface area contributed by atoms with E-state index in [1.54, 1.807) is 36.3 Å². The lowest BCUT2D eigenvalue weighted by Gasteiger charge is -2.20. The van der Waals surface area contributed by atoms with E-state index in [0.29, 0.717) is 17.4 Å². The van der Waals surface area contributed by atoms with Gasteiger partial charge in [0.1, 0.15) is 11.5 Å². The molecular weight excluding hydrogens is 396 g/mol. The van der Waals surface area contributed by atoms with Gasteiger partial charge in [0.25, 0.3) is 5.91 Å². The smallest absolute Gasteiger partial charge is 0.267 e. The third-order valence-corrected chi connectivity index (χ3v) is 5.79. The molecule has 0 aliphatic rings. The number of aryl methyl sites for hydroxylation is 1. The van der Waals surface area contributed by atoms with E-state index in [0.717, 1.165) is 27.1 Å². The van der Waals surface area contributed by atoms with Gasteiger partial charge in [0.15, 0.2) is 11.7 Å². The lowest BCUT2D eigenvalue weighted by Crippen LogP contribution is -2.34. The molecule has 0 unspecified atom stereocenters. The van der Waals surface area contributed by atoms with Crippen LogP contribution in [0.3, 0.4) is 0 Å². The highest BCUT2D eigenvalue weighted by Gasteiger charge is 2.21. The van der Waals surface area contributed by atoms with Crippen molar-refractivity contribution >= 4 is 32.6 Å². The fraction of sp³-hybridized carbons (Fsp3) is 0.167. The second-order valence-electron chi connectivity index (χ2n) is 6.85. The first-order chi connectivity index (χ1) is 14.6. The van der Waals surface area contributed by atoms with Crippen molar-refractivity contribution in [3.8, 4) is 11.5 Å². The van der Waals surface area contributed by atoms with Crippen molar-refractivity contribution < 1.29 is 14.3 Å². The van der Waals surface area contributed by atoms with E-state index < -0.39 is 0 Å². The van der Waals surface area contributed by atoms with Gasteiger partial charge < -0.3 is 9.47 Å². The van der Waals surface area contributed by atoms with Gasteiger partial charge in [-0.25, -0.2) is 4.98 Å². The van der Waals surface area contributed by atoms with Crippen molar-refractivity contribution in [3.63, 3.8) is 0 Å². The first-order valence-electron chi connectivity index (χ1n) is 9.61. The van der Waals surface area contributed by atoms with E-state index in [1.807, 2.05) is 55.5 Å². The molecule has 0 aliphatic heterocycles. The van der Waals surface area contributed by atoms with Crippen LogP contribution in [0.15, 0.2) is 72.8 Å². The lowest BCUT2D eigenvalue weighted by molar-refractivity contribution is -0.120. The minimum atomic E-state index is -0.147. The number of benzene rings is 3. The lowest BCUT2D eigenvalue weighted by atomic mass is 10.2. The van der Waals surface area contributed by atoms with Gasteiger partial charge in [-0.2, -0.15) is 0 Å². The topological polar surface area (TPSA) is 51.7 Å². The van der Waals surface area contributed by atoms with Crippen LogP contribution < -0.4 is 14.4 Å². The first-order valence-corrected chi connectivity index (χ1v) is 10.4. The number of thiazole rings is 1. The van der Waals surface area contributed by atoms with Crippen molar-refractivity contribution in [2.75, 3.05) is 18.6 Å². The van der Waals surface area contributed by atoms with Crippen LogP contribution in [0.4, 0.5) is 5.13 Å². The van der Waals surface area contributed by atoms with Crippen LogP contribution in [-0.4, -0.2) is 24.6 Å². The summed E-state index contributed by atoms with van der Waals surface area (Å²) in [4.78, 5) is 19.6. The Morgan fingerprint density at radius 1 is 0.967 bits per heavy atom. The Balaban J connectivity index is 1.58. The Bertz CT molecular complexity index is 1140. The number of aromatic nitrogens is 1. The minimum Gasteiger partial charge on any atom is -0.497 e. The van der Waals surface area contributed by atoms with Gasteiger partial charge in [-0.15, -0.1) is 0 Å². The predicted molar refractivity (Wildman–Crippen MR) is 120 cm³/mol. The molecule has 0 atom stereocenters. The number of hydrogen-bond donors (Lipinski definition) is 0. The molecule has 5 nitrogen and oxygen atoms in total. The number of methoxy groups -OCH3 is 1. The average molecular weight is 419 g/mol. The third-order valence-electron chi connectivity index (χ3n) is 4.75. The van der Waals surface area contributed by atoms with Crippen LogP contribution in [0.2, 0.25) is 0 Å². The maximum Gasteiger partial charge on any atom is 0.267 e. The van der Waals surface area contributed by atoms with E-state index in [9.17, 15) is 4.79 Å². The van der Waals surface area contributed by atoms with E-state index >= 15 is 0 Å². The van der Waals surface area contributed by atoms with E-state index in [4.69, 9.17) is 14.5 Å². The Kier molecular flexibility index (Phi) is 5.95. The number of nitrogens with zero attached hydrogens (tertiary/aromatic N) is 2. The van der Waals surface area contributed by atoms with Crippen molar-refractivity contribution in [1.29, 1.82) is 0 Å². The maximum atomic E-state index is 13.1. The molecule has 0 bridgehead atoms. The summed E-state index contributed by atoms with van der Waals surface area (Å²) in [6.07, 6.45) is 0. The normalized spacial score (nSPS) is 10.7. The van der Waals surface area contributed by atoms with Crippen molar-refractivity contribution in [2.45, 2.75) is 13.5 Å². The molecule has 6 heteroatoms. The highest BCUT2D eigenvalue weighted by Crippen LogP contribution is 2.31. The van der Waals surface area contributed by atoms with Crippen LogP contribution in [0, 0.1) is 6.92 Å². The van der Waals surface area contributed by atoms with Crippen molar-refractivity contribution in [1.82, 2.24) is 4.98 Å². The predicted octanol–water partition coefficient (Wildman–Crippen LogP) is 5.23. The molecule has 4 rings (SSSR count). The van der Waals surface area contributed by atoms with Crippen LogP contribution in [0.1, 0.15) is 11.1 Å². The minimum absolute atomic E-state index is 0.0753. The number of carbonyl (C=O) groups excluding carboxylic acids is 1. The summed E-state index contributed by atoms with van der Waals surface area (Å²) in [5.74, 6) is 1.21. The fourth-order valence-electron chi connectivity index (χ4n) is 3.11. The largest absolute Gasteiger partial charge is 0.497 e. The summed E-state index contributed by atoms with van der Waals surface area (Å²) in [6.45, 7) is 2.39. The fourth-order valence-corrected chi connectivity index (χ4v) is 4.17. The Morgan fingerprint density at radius 2 is 1.70 bits per heavy atom. The summed E-state index contributed by atoms with van der Waals surface area (Å²) >= 11 is 1.52. The number of anilines is 1. The Hall–Kier alpha value is -3.38. The van der Waals surface area contributed by atoms with Crippen molar-refractivity contribution in [3.05, 3.63) is 83.9 Å². The van der Waals surface area contributed by atoms with Gasteiger partial charge in [-0.3, -0.25) is 9.69 Å². The zero-order valence-electron chi connectivity index (χ0n) is 16.9. The third kappa shape index (κ3) is 4.44. The number of amides is 1. The maximum absolute atomic E-state index is 13.1. The van der Waals surface area contributed by atoms with Gasteiger partial charge >= 0.3 is 0 Å². The summed E-state index contributed by atoms with van der Waals surface area (Å²) in [7, 11) is 1.61. The van der Waals surface area contributed by atoms with E-state index in [1.165, 1.54) is 11.3 Å². The van der Waals surface area contributed by atoms with Crippen LogP contribution in [0.5, 0.6) is 11.5 Å². The Morgan fingerprint density at radius 3 is 2.40 bits per heavy atom. The van der Waals surface area contributed by atoms with E-state index in [-0.39, 0.29) is 12.5 Å². The second kappa shape index (κ2) is 8.97. The Labute approximate surface area is 179 Å². The molecule has 1 amide bonds. The molecule has 0 saturated heterocycles. The average Bonchev–Trinajstić information content (AvgIpc) is 3.22. The second-order valence-corrected chi connectivity index (χ2v) is 7.86. The zero-order valence-corrected chi connectivity index (χ0v) is 17.7. The van der Waals surface area contributed by atoms with Gasteiger partial charge in [-0.1, -0.05) is 53.8 Å². The highest BCUT2D eigenvalue weighted by molar-refractivity contribution is 7.22. The zero-order chi connectivity index (χ0) is 20.9. The summed E-state index contributed by atoms with van der Waals surface area (Å²) in [5, 5.41) is 0.673. The molecule has 0 saturated carbocycles. The van der Waals surface area contributed by atoms with Gasteiger partial charge in [0, 0.05) is 0 Å². The van der Waals surface area contributed by atoms with Gasteiger partial charge in [0.2, 0.25) is 0 Å². The number of fused-ring (bicyclic) bond motifs is 1. The molecule has 1 heterocycles. The molecule has 0 N–H and O–H groups in total. The summed E-state index contributed by atoms with van der Waals surface area (Å²) in [5.41, 5.74) is 3.06. The van der Waals surface area contributed by atoms with E-state index in [2.05, 4.69) is 0 Å². The van der Waals surface area contributed by atoms with Gasteiger partial charge in [0.05, 0.1) is 23.9 Å². The molecule has 30 heavy (non-hydrogen) atoms. The van der Waals surface area contributed by atoms with Crippen LogP contribution >= 0.6 is 11.3 Å². The number of para-hydroxylation sites is 1. The molecule has 0 spiro atoms. The summed E-state index contributed by atoms with van der Waals surface area (Å²) < 4.78 is 12.0. The number of carbonyl (C=O) groups is 1. The molecule has 152 valence electrons. The molecule has 0 aliphatic carbocycles. The SMILES string of the molecule is COc1ccc(OCC(=O)N(Cc2ccccc2)c2nc3c(C)cccc3s2)cc1. The molecule has 0 radical (unpaired) electrons. The number of hydrogen-bond acceptors (Lipinski definition) is 5. The molecule has 1 aromatic heterocycles. The number of rotatable bonds is 7. The monoisotopic (exact) mass is 418 g/mol. The van der Waals surface area contributed by atoms with Crippen LogP contribution in [0.25, 0.3) is 10.2 Å². The molecule has 0 fully saturated rings. The molecular formula is C24H22N2O3S. The summed E-state index contributed by atoms with van der Waals surface area (Å²) in [6, 6.07) is 23.2. The van der Waals surface area contributed by atoms with Crippen LogP contribution in [-0.2, 0) is 11.3 Å². The molecule has 4 aromatic rings. The number of ether oxygens (including phenoxy) is 2. The van der Waals surface area contributed by atoms with Crippen molar-refractivity contribution in [2.24, 2.45) is 0 Å². The quantitative estimate of drug-likeness (QED) is 0.413.